The van der Waals surface area contributed by atoms with Gasteiger partial charge in [-0.3, -0.25) is 0 Å². The first kappa shape index (κ1) is 16.7. The highest BCUT2D eigenvalue weighted by Gasteiger charge is 2.14. The van der Waals surface area contributed by atoms with E-state index in [1.807, 2.05) is 42.5 Å². The van der Waals surface area contributed by atoms with Gasteiger partial charge in [-0.1, -0.05) is 23.7 Å². The number of aromatic nitrogens is 2. The van der Waals surface area contributed by atoms with Crippen molar-refractivity contribution >= 4 is 22.6 Å². The molecule has 0 aliphatic rings. The molecule has 132 valence electrons. The molecule has 2 heterocycles. The third-order valence-corrected chi connectivity index (χ3v) is 4.83. The molecular formula is C21H19ClN2O2. The summed E-state index contributed by atoms with van der Waals surface area (Å²) < 4.78 is 13.7. The van der Waals surface area contributed by atoms with Crippen molar-refractivity contribution in [3.8, 4) is 5.75 Å². The SMILES string of the molecule is Cc1cccc(OCc2nc3cc(Cl)ccc3n2Cc2ccco2)c1C. The third-order valence-electron chi connectivity index (χ3n) is 4.60. The second kappa shape index (κ2) is 6.89. The van der Waals surface area contributed by atoms with Crippen molar-refractivity contribution in [2.24, 2.45) is 0 Å². The summed E-state index contributed by atoms with van der Waals surface area (Å²) in [4.78, 5) is 4.73. The van der Waals surface area contributed by atoms with E-state index >= 15 is 0 Å². The van der Waals surface area contributed by atoms with Crippen molar-refractivity contribution in [3.05, 3.63) is 82.5 Å². The minimum Gasteiger partial charge on any atom is -0.485 e. The van der Waals surface area contributed by atoms with Crippen LogP contribution in [0.2, 0.25) is 5.02 Å². The molecule has 0 saturated heterocycles. The Balaban J connectivity index is 1.70. The van der Waals surface area contributed by atoms with E-state index in [4.69, 9.17) is 25.7 Å². The third kappa shape index (κ3) is 3.20. The first-order valence-corrected chi connectivity index (χ1v) is 8.85. The Kier molecular flexibility index (Phi) is 4.43. The molecule has 2 aromatic carbocycles. The number of ether oxygens (including phenoxy) is 1. The summed E-state index contributed by atoms with van der Waals surface area (Å²) in [5.41, 5.74) is 4.21. The number of hydrogen-bond donors (Lipinski definition) is 0. The smallest absolute Gasteiger partial charge is 0.148 e. The van der Waals surface area contributed by atoms with E-state index in [-0.39, 0.29) is 0 Å². The fourth-order valence-electron chi connectivity index (χ4n) is 3.02. The zero-order valence-corrected chi connectivity index (χ0v) is 15.5. The maximum Gasteiger partial charge on any atom is 0.148 e. The van der Waals surface area contributed by atoms with Crippen LogP contribution in [-0.2, 0) is 13.2 Å². The van der Waals surface area contributed by atoms with Crippen LogP contribution in [0.4, 0.5) is 0 Å². The number of benzene rings is 2. The predicted octanol–water partition coefficient (Wildman–Crippen LogP) is 5.53. The molecule has 4 rings (SSSR count). The van der Waals surface area contributed by atoms with Crippen LogP contribution in [0.5, 0.6) is 5.75 Å². The van der Waals surface area contributed by atoms with Gasteiger partial charge >= 0.3 is 0 Å². The van der Waals surface area contributed by atoms with Crippen LogP contribution in [-0.4, -0.2) is 9.55 Å². The predicted molar refractivity (Wildman–Crippen MR) is 103 cm³/mol. The van der Waals surface area contributed by atoms with Crippen molar-refractivity contribution in [2.45, 2.75) is 27.0 Å². The molecule has 0 aliphatic carbocycles. The monoisotopic (exact) mass is 366 g/mol. The molecule has 0 unspecified atom stereocenters. The standard InChI is InChI=1S/C21H19ClN2O2/c1-14-5-3-7-20(15(14)2)26-13-21-23-18-11-16(22)8-9-19(18)24(21)12-17-6-4-10-25-17/h3-11H,12-13H2,1-2H3. The van der Waals surface area contributed by atoms with Crippen LogP contribution in [0, 0.1) is 13.8 Å². The molecule has 0 spiro atoms. The first-order valence-electron chi connectivity index (χ1n) is 8.48. The summed E-state index contributed by atoms with van der Waals surface area (Å²) in [5.74, 6) is 2.58. The minimum absolute atomic E-state index is 0.372. The van der Waals surface area contributed by atoms with Crippen molar-refractivity contribution in [1.82, 2.24) is 9.55 Å². The molecule has 0 radical (unpaired) electrons. The molecule has 2 aromatic heterocycles. The summed E-state index contributed by atoms with van der Waals surface area (Å²) in [7, 11) is 0. The summed E-state index contributed by atoms with van der Waals surface area (Å²) in [6, 6.07) is 15.6. The van der Waals surface area contributed by atoms with Crippen LogP contribution in [0.15, 0.2) is 59.2 Å². The Morgan fingerprint density at radius 3 is 2.81 bits per heavy atom. The average Bonchev–Trinajstić information content (AvgIpc) is 3.25. The maximum absolute atomic E-state index is 6.14. The van der Waals surface area contributed by atoms with Crippen LogP contribution < -0.4 is 4.74 Å². The molecule has 0 atom stereocenters. The van der Waals surface area contributed by atoms with E-state index < -0.39 is 0 Å². The van der Waals surface area contributed by atoms with E-state index in [9.17, 15) is 0 Å². The van der Waals surface area contributed by atoms with Gasteiger partial charge in [0, 0.05) is 5.02 Å². The van der Waals surface area contributed by atoms with Gasteiger partial charge in [0.05, 0.1) is 23.8 Å². The Morgan fingerprint density at radius 2 is 2.00 bits per heavy atom. The molecule has 4 aromatic rings. The number of hydrogen-bond acceptors (Lipinski definition) is 3. The number of aryl methyl sites for hydroxylation is 1. The zero-order valence-electron chi connectivity index (χ0n) is 14.7. The Bertz CT molecular complexity index is 1050. The molecule has 0 fully saturated rings. The second-order valence-electron chi connectivity index (χ2n) is 6.31. The minimum atomic E-state index is 0.372. The number of nitrogens with zero attached hydrogens (tertiary/aromatic N) is 2. The van der Waals surface area contributed by atoms with Crippen molar-refractivity contribution < 1.29 is 9.15 Å². The molecule has 26 heavy (non-hydrogen) atoms. The van der Waals surface area contributed by atoms with E-state index in [2.05, 4.69) is 24.5 Å². The van der Waals surface area contributed by atoms with Crippen molar-refractivity contribution in [2.75, 3.05) is 0 Å². The van der Waals surface area contributed by atoms with Crippen molar-refractivity contribution in [1.29, 1.82) is 0 Å². The van der Waals surface area contributed by atoms with Gasteiger partial charge < -0.3 is 13.7 Å². The topological polar surface area (TPSA) is 40.2 Å². The summed E-state index contributed by atoms with van der Waals surface area (Å²) >= 11 is 6.14. The molecular weight excluding hydrogens is 348 g/mol. The second-order valence-corrected chi connectivity index (χ2v) is 6.75. The van der Waals surface area contributed by atoms with E-state index in [0.717, 1.165) is 33.9 Å². The van der Waals surface area contributed by atoms with Gasteiger partial charge in [-0.15, -0.1) is 0 Å². The van der Waals surface area contributed by atoms with Gasteiger partial charge in [-0.05, 0) is 61.4 Å². The highest BCUT2D eigenvalue weighted by molar-refractivity contribution is 6.31. The summed E-state index contributed by atoms with van der Waals surface area (Å²) in [6.07, 6.45) is 1.68. The van der Waals surface area contributed by atoms with E-state index in [0.29, 0.717) is 18.2 Å². The normalized spacial score (nSPS) is 11.2. The number of halogens is 1. The van der Waals surface area contributed by atoms with Gasteiger partial charge in [0.2, 0.25) is 0 Å². The average molecular weight is 367 g/mol. The van der Waals surface area contributed by atoms with Gasteiger partial charge in [0.1, 0.15) is 23.9 Å². The number of imidazole rings is 1. The fourth-order valence-corrected chi connectivity index (χ4v) is 3.19. The lowest BCUT2D eigenvalue weighted by atomic mass is 10.1. The number of rotatable bonds is 5. The van der Waals surface area contributed by atoms with Crippen LogP contribution in [0.25, 0.3) is 11.0 Å². The lowest BCUT2D eigenvalue weighted by Crippen LogP contribution is -2.08. The number of furan rings is 1. The Labute approximate surface area is 157 Å². The van der Waals surface area contributed by atoms with Gasteiger partial charge in [0.25, 0.3) is 0 Å². The lowest BCUT2D eigenvalue weighted by Gasteiger charge is -2.12. The van der Waals surface area contributed by atoms with Gasteiger partial charge in [0.15, 0.2) is 0 Å². The van der Waals surface area contributed by atoms with Crippen LogP contribution in [0.1, 0.15) is 22.7 Å². The van der Waals surface area contributed by atoms with Crippen molar-refractivity contribution in [3.63, 3.8) is 0 Å². The molecule has 5 heteroatoms. The Hall–Kier alpha value is -2.72. The van der Waals surface area contributed by atoms with Gasteiger partial charge in [-0.2, -0.15) is 0 Å². The maximum atomic E-state index is 6.14. The van der Waals surface area contributed by atoms with E-state index in [1.54, 1.807) is 6.26 Å². The van der Waals surface area contributed by atoms with Crippen LogP contribution in [0.3, 0.4) is 0 Å². The molecule has 0 bridgehead atoms. The largest absolute Gasteiger partial charge is 0.485 e. The molecule has 0 N–H and O–H groups in total. The van der Waals surface area contributed by atoms with Gasteiger partial charge in [-0.25, -0.2) is 4.98 Å². The number of fused-ring (bicyclic) bond motifs is 1. The molecule has 0 amide bonds. The summed E-state index contributed by atoms with van der Waals surface area (Å²) in [6.45, 7) is 5.11. The highest BCUT2D eigenvalue weighted by atomic mass is 35.5. The molecule has 0 aliphatic heterocycles. The fraction of sp³-hybridized carbons (Fsp3) is 0.190. The van der Waals surface area contributed by atoms with Crippen LogP contribution >= 0.6 is 11.6 Å². The molecule has 4 nitrogen and oxygen atoms in total. The summed E-state index contributed by atoms with van der Waals surface area (Å²) in [5, 5.41) is 0.669. The quantitative estimate of drug-likeness (QED) is 0.466. The lowest BCUT2D eigenvalue weighted by molar-refractivity contribution is 0.288. The first-order chi connectivity index (χ1) is 12.6. The van der Waals surface area contributed by atoms with E-state index in [1.165, 1.54) is 5.56 Å². The molecule has 0 saturated carbocycles. The Morgan fingerprint density at radius 1 is 1.12 bits per heavy atom. The highest BCUT2D eigenvalue weighted by Crippen LogP contribution is 2.25. The zero-order chi connectivity index (χ0) is 18.1.